The molecule has 0 saturated carbocycles. The number of nitrogens with zero attached hydrogens (tertiary/aromatic N) is 1. The van der Waals surface area contributed by atoms with Crippen LogP contribution in [-0.2, 0) is 0 Å². The number of nitrogens with one attached hydrogen (secondary N) is 2. The predicted molar refractivity (Wildman–Crippen MR) is 82.0 cm³/mol. The summed E-state index contributed by atoms with van der Waals surface area (Å²) in [4.78, 5) is 16.1. The summed E-state index contributed by atoms with van der Waals surface area (Å²) in [5.41, 5.74) is 1.85. The quantitative estimate of drug-likeness (QED) is 0.804. The summed E-state index contributed by atoms with van der Waals surface area (Å²) in [5, 5.41) is 9.26. The Bertz CT molecular complexity index is 537. The van der Waals surface area contributed by atoms with Crippen molar-refractivity contribution in [3.8, 4) is 0 Å². The van der Waals surface area contributed by atoms with Crippen molar-refractivity contribution in [1.82, 2.24) is 15.6 Å². The molecule has 2 N–H and O–H groups in total. The molecule has 20 heavy (non-hydrogen) atoms. The van der Waals surface area contributed by atoms with Gasteiger partial charge in [-0.1, -0.05) is 17.7 Å². The molecule has 0 fully saturated rings. The molecular formula is C15H19N3OS. The second kappa shape index (κ2) is 7.17. The molecule has 0 aliphatic heterocycles. The van der Waals surface area contributed by atoms with Gasteiger partial charge in [0.2, 0.25) is 0 Å². The Labute approximate surface area is 123 Å². The summed E-state index contributed by atoms with van der Waals surface area (Å²) in [6.45, 7) is 5.40. The maximum atomic E-state index is 11.9. The van der Waals surface area contributed by atoms with E-state index in [0.717, 1.165) is 17.1 Å². The normalized spacial score (nSPS) is 12.1. The topological polar surface area (TPSA) is 54.0 Å². The van der Waals surface area contributed by atoms with Crippen molar-refractivity contribution >= 4 is 17.2 Å². The van der Waals surface area contributed by atoms with Gasteiger partial charge in [0.25, 0.3) is 5.91 Å². The fraction of sp³-hybridized carbons (Fsp3) is 0.333. The van der Waals surface area contributed by atoms with Crippen molar-refractivity contribution in [3.63, 3.8) is 0 Å². The van der Waals surface area contributed by atoms with Crippen LogP contribution in [0.4, 0.5) is 0 Å². The molecule has 106 valence electrons. The standard InChI is InChI=1S/C15H19N3OS/c1-11-3-5-13(6-4-11)14(19)17-8-7-16-12(2)15-18-9-10-20-15/h3-6,9-10,12,16H,7-8H2,1-2H3,(H,17,19). The van der Waals surface area contributed by atoms with Crippen LogP contribution in [0.25, 0.3) is 0 Å². The first-order valence-electron chi connectivity index (χ1n) is 6.64. The molecule has 1 heterocycles. The molecule has 0 aliphatic carbocycles. The Morgan fingerprint density at radius 2 is 2.05 bits per heavy atom. The monoisotopic (exact) mass is 289 g/mol. The van der Waals surface area contributed by atoms with Gasteiger partial charge in [-0.25, -0.2) is 4.98 Å². The van der Waals surface area contributed by atoms with Gasteiger partial charge in [0, 0.05) is 30.2 Å². The number of amides is 1. The molecule has 1 amide bonds. The van der Waals surface area contributed by atoms with E-state index in [1.807, 2.05) is 36.6 Å². The Morgan fingerprint density at radius 3 is 2.70 bits per heavy atom. The Morgan fingerprint density at radius 1 is 1.30 bits per heavy atom. The minimum absolute atomic E-state index is 0.0336. The van der Waals surface area contributed by atoms with Gasteiger partial charge in [0.05, 0.1) is 6.04 Å². The highest BCUT2D eigenvalue weighted by atomic mass is 32.1. The third kappa shape index (κ3) is 4.15. The molecule has 0 aliphatic rings. The summed E-state index contributed by atoms with van der Waals surface area (Å²) in [5.74, 6) is -0.0336. The highest BCUT2D eigenvalue weighted by Gasteiger charge is 2.07. The third-order valence-electron chi connectivity index (χ3n) is 3.00. The zero-order valence-electron chi connectivity index (χ0n) is 11.7. The first kappa shape index (κ1) is 14.7. The predicted octanol–water partition coefficient (Wildman–Crippen LogP) is 2.53. The minimum atomic E-state index is -0.0336. The van der Waals surface area contributed by atoms with Crippen molar-refractivity contribution in [2.24, 2.45) is 0 Å². The molecule has 0 spiro atoms. The van der Waals surface area contributed by atoms with Gasteiger partial charge in [-0.2, -0.15) is 0 Å². The zero-order valence-corrected chi connectivity index (χ0v) is 12.5. The van der Waals surface area contributed by atoms with Crippen LogP contribution < -0.4 is 10.6 Å². The summed E-state index contributed by atoms with van der Waals surface area (Å²) < 4.78 is 0. The molecule has 0 bridgehead atoms. The number of aromatic nitrogens is 1. The SMILES string of the molecule is Cc1ccc(C(=O)NCCNC(C)c2nccs2)cc1. The number of benzene rings is 1. The number of carbonyl (C=O) groups is 1. The maximum Gasteiger partial charge on any atom is 0.251 e. The average molecular weight is 289 g/mol. The molecule has 1 atom stereocenters. The van der Waals surface area contributed by atoms with Crippen molar-refractivity contribution < 1.29 is 4.79 Å². The molecule has 1 aromatic carbocycles. The first-order chi connectivity index (χ1) is 9.66. The van der Waals surface area contributed by atoms with E-state index in [4.69, 9.17) is 0 Å². The highest BCUT2D eigenvalue weighted by molar-refractivity contribution is 7.09. The van der Waals surface area contributed by atoms with E-state index in [1.54, 1.807) is 17.5 Å². The van der Waals surface area contributed by atoms with Crippen molar-refractivity contribution in [2.75, 3.05) is 13.1 Å². The van der Waals surface area contributed by atoms with E-state index < -0.39 is 0 Å². The molecule has 0 saturated heterocycles. The maximum absolute atomic E-state index is 11.9. The van der Waals surface area contributed by atoms with E-state index in [-0.39, 0.29) is 11.9 Å². The van der Waals surface area contributed by atoms with E-state index >= 15 is 0 Å². The van der Waals surface area contributed by atoms with Gasteiger partial charge in [-0.15, -0.1) is 11.3 Å². The van der Waals surface area contributed by atoms with Crippen LogP contribution in [0.2, 0.25) is 0 Å². The van der Waals surface area contributed by atoms with E-state index in [0.29, 0.717) is 12.1 Å². The fourth-order valence-electron chi connectivity index (χ4n) is 1.81. The molecule has 1 aromatic heterocycles. The zero-order chi connectivity index (χ0) is 14.4. The fourth-order valence-corrected chi connectivity index (χ4v) is 2.48. The second-order valence-corrected chi connectivity index (χ2v) is 5.59. The van der Waals surface area contributed by atoms with Crippen LogP contribution in [-0.4, -0.2) is 24.0 Å². The van der Waals surface area contributed by atoms with Gasteiger partial charge in [0.15, 0.2) is 0 Å². The van der Waals surface area contributed by atoms with Crippen LogP contribution in [0.3, 0.4) is 0 Å². The lowest BCUT2D eigenvalue weighted by Gasteiger charge is -2.11. The van der Waals surface area contributed by atoms with Gasteiger partial charge >= 0.3 is 0 Å². The average Bonchev–Trinajstić information content (AvgIpc) is 2.98. The molecule has 2 rings (SSSR count). The summed E-state index contributed by atoms with van der Waals surface area (Å²) in [7, 11) is 0. The molecule has 5 heteroatoms. The van der Waals surface area contributed by atoms with Gasteiger partial charge in [0.1, 0.15) is 5.01 Å². The van der Waals surface area contributed by atoms with Crippen LogP contribution in [0, 0.1) is 6.92 Å². The number of rotatable bonds is 6. The van der Waals surface area contributed by atoms with Crippen molar-refractivity contribution in [1.29, 1.82) is 0 Å². The minimum Gasteiger partial charge on any atom is -0.351 e. The largest absolute Gasteiger partial charge is 0.351 e. The lowest BCUT2D eigenvalue weighted by molar-refractivity contribution is 0.0953. The van der Waals surface area contributed by atoms with E-state index in [2.05, 4.69) is 22.5 Å². The molecule has 1 unspecified atom stereocenters. The van der Waals surface area contributed by atoms with E-state index in [1.165, 1.54) is 0 Å². The lowest BCUT2D eigenvalue weighted by atomic mass is 10.1. The van der Waals surface area contributed by atoms with Crippen molar-refractivity contribution in [3.05, 3.63) is 52.0 Å². The van der Waals surface area contributed by atoms with Crippen LogP contribution in [0.15, 0.2) is 35.8 Å². The number of hydrogen-bond acceptors (Lipinski definition) is 4. The molecule has 4 nitrogen and oxygen atoms in total. The lowest BCUT2D eigenvalue weighted by Crippen LogP contribution is -2.32. The third-order valence-corrected chi connectivity index (χ3v) is 3.95. The molecule has 0 radical (unpaired) electrons. The number of carbonyl (C=O) groups excluding carboxylic acids is 1. The Hall–Kier alpha value is -1.72. The summed E-state index contributed by atoms with van der Waals surface area (Å²) in [6.07, 6.45) is 1.80. The Kier molecular flexibility index (Phi) is 5.26. The smallest absolute Gasteiger partial charge is 0.251 e. The van der Waals surface area contributed by atoms with Gasteiger partial charge < -0.3 is 10.6 Å². The van der Waals surface area contributed by atoms with Crippen molar-refractivity contribution in [2.45, 2.75) is 19.9 Å². The number of aryl methyl sites for hydroxylation is 1. The van der Waals surface area contributed by atoms with Crippen LogP contribution in [0.5, 0.6) is 0 Å². The highest BCUT2D eigenvalue weighted by Crippen LogP contribution is 2.13. The van der Waals surface area contributed by atoms with Gasteiger partial charge in [-0.3, -0.25) is 4.79 Å². The second-order valence-electron chi connectivity index (χ2n) is 4.67. The van der Waals surface area contributed by atoms with Crippen LogP contribution in [0.1, 0.15) is 33.9 Å². The molecule has 2 aromatic rings. The molecular weight excluding hydrogens is 270 g/mol. The van der Waals surface area contributed by atoms with E-state index in [9.17, 15) is 4.79 Å². The van der Waals surface area contributed by atoms with Crippen LogP contribution >= 0.6 is 11.3 Å². The summed E-state index contributed by atoms with van der Waals surface area (Å²) >= 11 is 1.63. The van der Waals surface area contributed by atoms with Gasteiger partial charge in [-0.05, 0) is 26.0 Å². The number of thiazole rings is 1. The first-order valence-corrected chi connectivity index (χ1v) is 7.52. The Balaban J connectivity index is 1.70. The summed E-state index contributed by atoms with van der Waals surface area (Å²) in [6, 6.07) is 7.79. The number of hydrogen-bond donors (Lipinski definition) is 2.